The lowest BCUT2D eigenvalue weighted by Crippen LogP contribution is -2.33. The maximum Gasteiger partial charge on any atom is 0.341 e. The topological polar surface area (TPSA) is 61.8 Å². The van der Waals surface area contributed by atoms with Gasteiger partial charge >= 0.3 is 6.03 Å². The molecule has 0 radical (unpaired) electrons. The van der Waals surface area contributed by atoms with Crippen LogP contribution in [-0.2, 0) is 4.74 Å². The monoisotopic (exact) mass is 146 g/mol. The van der Waals surface area contributed by atoms with E-state index in [-0.39, 0.29) is 6.04 Å². The lowest BCUT2D eigenvalue weighted by Gasteiger charge is -2.13. The zero-order valence-electron chi connectivity index (χ0n) is 5.70. The number of rotatable bonds is 2. The molecule has 0 aromatic carbocycles. The first-order valence-electron chi connectivity index (χ1n) is 3.00. The molecule has 58 valence electrons. The number of nitrogens with one attached hydrogen (secondary N) is 1. The van der Waals surface area contributed by atoms with E-state index in [1.807, 2.05) is 0 Å². The first kappa shape index (κ1) is 7.30. The van der Waals surface area contributed by atoms with Gasteiger partial charge in [0.25, 0.3) is 0 Å². The van der Waals surface area contributed by atoms with Crippen molar-refractivity contribution >= 4 is 6.03 Å². The van der Waals surface area contributed by atoms with E-state index in [4.69, 9.17) is 9.94 Å². The fraction of sp³-hybridized carbons (Fsp3) is 0.800. The van der Waals surface area contributed by atoms with E-state index in [2.05, 4.69) is 5.32 Å². The van der Waals surface area contributed by atoms with Gasteiger partial charge in [-0.05, 0) is 0 Å². The fourth-order valence-corrected chi connectivity index (χ4v) is 0.860. The van der Waals surface area contributed by atoms with Crippen LogP contribution >= 0.6 is 0 Å². The molecule has 0 spiro atoms. The standard InChI is InChI=1S/C5H10N2O3/c1-10-3-4-2-6-5(8)7(4)9/h4,9H,2-3H2,1H3,(H,6,8). The largest absolute Gasteiger partial charge is 0.382 e. The molecular formula is C5H10N2O3. The maximum atomic E-state index is 10.6. The van der Waals surface area contributed by atoms with Crippen molar-refractivity contribution in [3.63, 3.8) is 0 Å². The quantitative estimate of drug-likeness (QED) is 0.512. The molecule has 1 heterocycles. The smallest absolute Gasteiger partial charge is 0.341 e. The van der Waals surface area contributed by atoms with E-state index in [1.165, 1.54) is 7.11 Å². The summed E-state index contributed by atoms with van der Waals surface area (Å²) in [7, 11) is 1.52. The number of nitrogens with zero attached hydrogens (tertiary/aromatic N) is 1. The molecule has 0 saturated carbocycles. The van der Waals surface area contributed by atoms with Crippen molar-refractivity contribution in [1.29, 1.82) is 0 Å². The van der Waals surface area contributed by atoms with Gasteiger partial charge in [-0.3, -0.25) is 5.21 Å². The van der Waals surface area contributed by atoms with Crippen LogP contribution in [0.25, 0.3) is 0 Å². The molecular weight excluding hydrogens is 136 g/mol. The summed E-state index contributed by atoms with van der Waals surface area (Å²) >= 11 is 0. The first-order valence-corrected chi connectivity index (χ1v) is 3.00. The predicted octanol–water partition coefficient (Wildman–Crippen LogP) is -0.584. The van der Waals surface area contributed by atoms with Crippen molar-refractivity contribution in [2.45, 2.75) is 6.04 Å². The SMILES string of the molecule is COCC1CNC(=O)N1O. The summed E-state index contributed by atoms with van der Waals surface area (Å²) in [5.41, 5.74) is 0. The molecule has 10 heavy (non-hydrogen) atoms. The second-order valence-electron chi connectivity index (χ2n) is 2.14. The van der Waals surface area contributed by atoms with E-state index in [0.717, 1.165) is 0 Å². The Hall–Kier alpha value is -0.810. The fourth-order valence-electron chi connectivity index (χ4n) is 0.860. The Kier molecular flexibility index (Phi) is 2.08. The molecule has 1 fully saturated rings. The average molecular weight is 146 g/mol. The van der Waals surface area contributed by atoms with Crippen molar-refractivity contribution in [2.75, 3.05) is 20.3 Å². The minimum absolute atomic E-state index is 0.238. The van der Waals surface area contributed by atoms with Gasteiger partial charge in [0.1, 0.15) is 6.04 Å². The van der Waals surface area contributed by atoms with Crippen LogP contribution in [-0.4, -0.2) is 42.6 Å². The highest BCUT2D eigenvalue weighted by molar-refractivity contribution is 5.75. The number of urea groups is 1. The van der Waals surface area contributed by atoms with Crippen molar-refractivity contribution in [3.05, 3.63) is 0 Å². The van der Waals surface area contributed by atoms with Gasteiger partial charge in [-0.15, -0.1) is 0 Å². The lowest BCUT2D eigenvalue weighted by molar-refractivity contribution is -0.0740. The van der Waals surface area contributed by atoms with Gasteiger partial charge in [0.15, 0.2) is 0 Å². The number of hydroxylamine groups is 2. The Morgan fingerprint density at radius 1 is 2.00 bits per heavy atom. The maximum absolute atomic E-state index is 10.6. The summed E-state index contributed by atoms with van der Waals surface area (Å²) in [5.74, 6) is 0. The Morgan fingerprint density at radius 3 is 3.10 bits per heavy atom. The Labute approximate surface area is 58.5 Å². The summed E-state index contributed by atoms with van der Waals surface area (Å²) in [4.78, 5) is 10.6. The second kappa shape index (κ2) is 2.85. The lowest BCUT2D eigenvalue weighted by atomic mass is 10.3. The summed E-state index contributed by atoms with van der Waals surface area (Å²) in [6, 6.07) is -0.695. The van der Waals surface area contributed by atoms with Gasteiger partial charge in [-0.1, -0.05) is 0 Å². The predicted molar refractivity (Wildman–Crippen MR) is 32.7 cm³/mol. The van der Waals surface area contributed by atoms with E-state index in [9.17, 15) is 4.79 Å². The van der Waals surface area contributed by atoms with Gasteiger partial charge in [0.2, 0.25) is 0 Å². The molecule has 0 aromatic heterocycles. The van der Waals surface area contributed by atoms with Crippen molar-refractivity contribution < 1.29 is 14.7 Å². The van der Waals surface area contributed by atoms with Crippen LogP contribution in [0.3, 0.4) is 0 Å². The van der Waals surface area contributed by atoms with Crippen LogP contribution in [0.4, 0.5) is 4.79 Å². The van der Waals surface area contributed by atoms with Crippen LogP contribution in [0, 0.1) is 0 Å². The van der Waals surface area contributed by atoms with Gasteiger partial charge in [0, 0.05) is 13.7 Å². The van der Waals surface area contributed by atoms with Gasteiger partial charge in [-0.25, -0.2) is 4.79 Å². The first-order chi connectivity index (χ1) is 4.75. The molecule has 0 aliphatic carbocycles. The van der Waals surface area contributed by atoms with Crippen molar-refractivity contribution in [1.82, 2.24) is 10.4 Å². The van der Waals surface area contributed by atoms with Crippen LogP contribution in [0.1, 0.15) is 0 Å². The van der Waals surface area contributed by atoms with E-state index in [1.54, 1.807) is 0 Å². The summed E-state index contributed by atoms with van der Waals surface area (Å²) in [6.45, 7) is 0.804. The highest BCUT2D eigenvalue weighted by Crippen LogP contribution is 2.02. The third-order valence-corrected chi connectivity index (χ3v) is 1.40. The number of methoxy groups -OCH3 is 1. The Bertz CT molecular complexity index is 139. The molecule has 1 aliphatic rings. The molecule has 0 aromatic rings. The third-order valence-electron chi connectivity index (χ3n) is 1.40. The molecule has 1 aliphatic heterocycles. The van der Waals surface area contributed by atoms with Crippen LogP contribution in [0.15, 0.2) is 0 Å². The highest BCUT2D eigenvalue weighted by Gasteiger charge is 2.28. The van der Waals surface area contributed by atoms with Gasteiger partial charge in [-0.2, -0.15) is 5.06 Å². The summed E-state index contributed by atoms with van der Waals surface area (Å²) < 4.78 is 4.75. The zero-order valence-corrected chi connectivity index (χ0v) is 5.70. The molecule has 0 bridgehead atoms. The Morgan fingerprint density at radius 2 is 2.70 bits per heavy atom. The number of hydrogen-bond donors (Lipinski definition) is 2. The van der Waals surface area contributed by atoms with Crippen molar-refractivity contribution in [3.8, 4) is 0 Å². The Balaban J connectivity index is 2.41. The third kappa shape index (κ3) is 1.19. The van der Waals surface area contributed by atoms with E-state index in [0.29, 0.717) is 18.2 Å². The highest BCUT2D eigenvalue weighted by atomic mass is 16.5. The minimum Gasteiger partial charge on any atom is -0.382 e. The summed E-state index contributed by atoms with van der Waals surface area (Å²) in [5, 5.41) is 12.0. The number of carbonyl (C=O) groups excluding carboxylic acids is 1. The molecule has 1 saturated heterocycles. The average Bonchev–Trinajstić information content (AvgIpc) is 2.20. The van der Waals surface area contributed by atoms with Crippen LogP contribution in [0.5, 0.6) is 0 Å². The molecule has 1 rings (SSSR count). The molecule has 5 nitrogen and oxygen atoms in total. The molecule has 2 amide bonds. The van der Waals surface area contributed by atoms with E-state index < -0.39 is 6.03 Å². The normalized spacial score (nSPS) is 25.2. The zero-order chi connectivity index (χ0) is 7.56. The van der Waals surface area contributed by atoms with Crippen molar-refractivity contribution in [2.24, 2.45) is 0 Å². The summed E-state index contributed by atoms with van der Waals surface area (Å²) in [6.07, 6.45) is 0. The number of hydrogen-bond acceptors (Lipinski definition) is 3. The molecule has 5 heteroatoms. The number of ether oxygens (including phenoxy) is 1. The molecule has 2 N–H and O–H groups in total. The number of carbonyl (C=O) groups is 1. The van der Waals surface area contributed by atoms with Gasteiger partial charge in [0.05, 0.1) is 6.61 Å². The molecule has 1 unspecified atom stereocenters. The molecule has 1 atom stereocenters. The van der Waals surface area contributed by atoms with E-state index >= 15 is 0 Å². The minimum atomic E-state index is -0.456. The number of amides is 2. The second-order valence-corrected chi connectivity index (χ2v) is 2.14. The van der Waals surface area contributed by atoms with Gasteiger partial charge < -0.3 is 10.1 Å². The van der Waals surface area contributed by atoms with Crippen LogP contribution in [0.2, 0.25) is 0 Å². The van der Waals surface area contributed by atoms with Crippen LogP contribution < -0.4 is 5.32 Å².